The van der Waals surface area contributed by atoms with Gasteiger partial charge in [0.25, 0.3) is 5.91 Å². The van der Waals surface area contributed by atoms with Crippen LogP contribution in [0.3, 0.4) is 0 Å². The number of fused-ring (bicyclic) bond motifs is 1. The molecule has 0 radical (unpaired) electrons. The Morgan fingerprint density at radius 2 is 2.28 bits per heavy atom. The fourth-order valence-corrected chi connectivity index (χ4v) is 3.06. The van der Waals surface area contributed by atoms with E-state index in [0.29, 0.717) is 30.7 Å². The number of halogens is 1. The fraction of sp³-hybridized carbons (Fsp3) is 0.353. The molecule has 25 heavy (non-hydrogen) atoms. The number of imidazole rings is 1. The van der Waals surface area contributed by atoms with Crippen LogP contribution in [-0.2, 0) is 11.2 Å². The molecule has 7 nitrogen and oxygen atoms in total. The highest BCUT2D eigenvalue weighted by molar-refractivity contribution is 5.94. The SMILES string of the molecule is Cc1cc(CC2COCC2NC(=O)c2nc3ccc(F)cc3[nH]2)on1. The van der Waals surface area contributed by atoms with Gasteiger partial charge in [0.1, 0.15) is 11.6 Å². The summed E-state index contributed by atoms with van der Waals surface area (Å²) in [4.78, 5) is 19.5. The Labute approximate surface area is 142 Å². The first-order valence-corrected chi connectivity index (χ1v) is 8.04. The van der Waals surface area contributed by atoms with Gasteiger partial charge in [0.15, 0.2) is 5.82 Å². The van der Waals surface area contributed by atoms with E-state index in [9.17, 15) is 9.18 Å². The first kappa shape index (κ1) is 15.8. The maximum absolute atomic E-state index is 13.3. The number of hydrogen-bond acceptors (Lipinski definition) is 5. The van der Waals surface area contributed by atoms with E-state index in [1.807, 2.05) is 13.0 Å². The van der Waals surface area contributed by atoms with Crippen molar-refractivity contribution in [3.05, 3.63) is 47.4 Å². The van der Waals surface area contributed by atoms with Crippen molar-refractivity contribution >= 4 is 16.9 Å². The van der Waals surface area contributed by atoms with Crippen molar-refractivity contribution in [2.45, 2.75) is 19.4 Å². The normalized spacial score (nSPS) is 20.2. The highest BCUT2D eigenvalue weighted by atomic mass is 19.1. The van der Waals surface area contributed by atoms with E-state index < -0.39 is 0 Å². The molecule has 1 aliphatic rings. The second kappa shape index (κ2) is 6.29. The van der Waals surface area contributed by atoms with Gasteiger partial charge in [-0.05, 0) is 25.1 Å². The standard InChI is InChI=1S/C17H17FN4O3/c1-9-4-12(25-22-9)5-10-7-24-8-15(10)21-17(23)16-19-13-3-2-11(18)6-14(13)20-16/h2-4,6,10,15H,5,7-8H2,1H3,(H,19,20)(H,21,23). The number of amides is 1. The topological polar surface area (TPSA) is 93.0 Å². The van der Waals surface area contributed by atoms with Crippen molar-refractivity contribution in [2.75, 3.05) is 13.2 Å². The Hall–Kier alpha value is -2.74. The average molecular weight is 344 g/mol. The van der Waals surface area contributed by atoms with Crippen molar-refractivity contribution in [3.63, 3.8) is 0 Å². The monoisotopic (exact) mass is 344 g/mol. The second-order valence-electron chi connectivity index (χ2n) is 6.26. The van der Waals surface area contributed by atoms with Gasteiger partial charge >= 0.3 is 0 Å². The van der Waals surface area contributed by atoms with E-state index in [0.717, 1.165) is 11.5 Å². The largest absolute Gasteiger partial charge is 0.379 e. The number of aryl methyl sites for hydroxylation is 1. The van der Waals surface area contributed by atoms with E-state index in [1.54, 1.807) is 0 Å². The van der Waals surface area contributed by atoms with Gasteiger partial charge in [0.05, 0.1) is 36.0 Å². The van der Waals surface area contributed by atoms with Gasteiger partial charge in [-0.25, -0.2) is 9.37 Å². The Kier molecular flexibility index (Phi) is 3.96. The number of aromatic nitrogens is 3. The van der Waals surface area contributed by atoms with E-state index in [-0.39, 0.29) is 29.5 Å². The van der Waals surface area contributed by atoms with Crippen molar-refractivity contribution in [1.82, 2.24) is 20.4 Å². The molecule has 2 aromatic heterocycles. The number of H-pyrrole nitrogens is 1. The van der Waals surface area contributed by atoms with Gasteiger partial charge in [-0.1, -0.05) is 5.16 Å². The maximum Gasteiger partial charge on any atom is 0.287 e. The Morgan fingerprint density at radius 3 is 3.08 bits per heavy atom. The third-order valence-electron chi connectivity index (χ3n) is 4.31. The molecule has 1 aromatic carbocycles. The van der Waals surface area contributed by atoms with Gasteiger partial charge in [0.2, 0.25) is 0 Å². The molecule has 130 valence electrons. The van der Waals surface area contributed by atoms with Gasteiger partial charge in [-0.3, -0.25) is 4.79 Å². The summed E-state index contributed by atoms with van der Waals surface area (Å²) in [6, 6.07) is 5.89. The molecule has 1 saturated heterocycles. The molecule has 1 amide bonds. The molecule has 0 aliphatic carbocycles. The summed E-state index contributed by atoms with van der Waals surface area (Å²) in [6.45, 7) is 2.83. The summed E-state index contributed by atoms with van der Waals surface area (Å²) >= 11 is 0. The minimum atomic E-state index is -0.380. The number of aromatic amines is 1. The Balaban J connectivity index is 1.46. The molecular weight excluding hydrogens is 327 g/mol. The molecule has 2 unspecified atom stereocenters. The minimum absolute atomic E-state index is 0.0955. The summed E-state index contributed by atoms with van der Waals surface area (Å²) in [7, 11) is 0. The number of nitrogens with zero attached hydrogens (tertiary/aromatic N) is 2. The third-order valence-corrected chi connectivity index (χ3v) is 4.31. The zero-order valence-corrected chi connectivity index (χ0v) is 13.6. The lowest BCUT2D eigenvalue weighted by atomic mass is 9.98. The smallest absolute Gasteiger partial charge is 0.287 e. The molecule has 0 saturated carbocycles. The summed E-state index contributed by atoms with van der Waals surface area (Å²) < 4.78 is 24.0. The Morgan fingerprint density at radius 1 is 1.40 bits per heavy atom. The molecule has 3 aromatic rings. The third kappa shape index (κ3) is 3.25. The quantitative estimate of drug-likeness (QED) is 0.755. The molecular formula is C17H17FN4O3. The molecule has 3 heterocycles. The number of ether oxygens (including phenoxy) is 1. The lowest BCUT2D eigenvalue weighted by molar-refractivity contribution is 0.0915. The highest BCUT2D eigenvalue weighted by Gasteiger charge is 2.31. The van der Waals surface area contributed by atoms with Crippen LogP contribution in [0.4, 0.5) is 4.39 Å². The van der Waals surface area contributed by atoms with Crippen LogP contribution in [0.5, 0.6) is 0 Å². The number of benzene rings is 1. The molecule has 0 bridgehead atoms. The van der Waals surface area contributed by atoms with Gasteiger partial charge < -0.3 is 19.6 Å². The van der Waals surface area contributed by atoms with Gasteiger partial charge in [-0.15, -0.1) is 0 Å². The molecule has 8 heteroatoms. The summed E-state index contributed by atoms with van der Waals surface area (Å²) in [5.74, 6) is 0.298. The highest BCUT2D eigenvalue weighted by Crippen LogP contribution is 2.20. The number of hydrogen-bond donors (Lipinski definition) is 2. The van der Waals surface area contributed by atoms with E-state index in [2.05, 4.69) is 20.4 Å². The van der Waals surface area contributed by atoms with E-state index in [4.69, 9.17) is 9.26 Å². The number of rotatable bonds is 4. The zero-order chi connectivity index (χ0) is 17.4. The van der Waals surface area contributed by atoms with Crippen molar-refractivity contribution < 1.29 is 18.4 Å². The van der Waals surface area contributed by atoms with Crippen LogP contribution in [0.25, 0.3) is 11.0 Å². The maximum atomic E-state index is 13.3. The summed E-state index contributed by atoms with van der Waals surface area (Å²) in [5, 5.41) is 6.81. The molecule has 0 spiro atoms. The van der Waals surface area contributed by atoms with E-state index >= 15 is 0 Å². The number of carbonyl (C=O) groups excluding carboxylic acids is 1. The number of nitrogens with one attached hydrogen (secondary N) is 2. The predicted octanol–water partition coefficient (Wildman–Crippen LogP) is 1.99. The van der Waals surface area contributed by atoms with Crippen LogP contribution in [-0.4, -0.2) is 40.3 Å². The first-order chi connectivity index (χ1) is 12.1. The fourth-order valence-electron chi connectivity index (χ4n) is 3.06. The van der Waals surface area contributed by atoms with Crippen molar-refractivity contribution in [1.29, 1.82) is 0 Å². The van der Waals surface area contributed by atoms with Crippen molar-refractivity contribution in [3.8, 4) is 0 Å². The zero-order valence-electron chi connectivity index (χ0n) is 13.6. The van der Waals surface area contributed by atoms with E-state index in [1.165, 1.54) is 18.2 Å². The average Bonchev–Trinajstić information content (AvgIpc) is 3.28. The van der Waals surface area contributed by atoms with Gasteiger partial charge in [0, 0.05) is 18.4 Å². The second-order valence-corrected chi connectivity index (χ2v) is 6.26. The summed E-state index contributed by atoms with van der Waals surface area (Å²) in [6.07, 6.45) is 0.636. The van der Waals surface area contributed by atoms with Crippen LogP contribution >= 0.6 is 0 Å². The molecule has 2 N–H and O–H groups in total. The van der Waals surface area contributed by atoms with Crippen LogP contribution in [0.15, 0.2) is 28.8 Å². The minimum Gasteiger partial charge on any atom is -0.379 e. The molecule has 1 aliphatic heterocycles. The van der Waals surface area contributed by atoms with Crippen LogP contribution in [0, 0.1) is 18.7 Å². The van der Waals surface area contributed by atoms with Gasteiger partial charge in [-0.2, -0.15) is 0 Å². The predicted molar refractivity (Wildman–Crippen MR) is 86.6 cm³/mol. The lowest BCUT2D eigenvalue weighted by Gasteiger charge is -2.17. The summed E-state index contributed by atoms with van der Waals surface area (Å²) in [5.41, 5.74) is 1.86. The van der Waals surface area contributed by atoms with Crippen molar-refractivity contribution in [2.24, 2.45) is 5.92 Å². The Bertz CT molecular complexity index is 920. The van der Waals surface area contributed by atoms with Crippen LogP contribution in [0.2, 0.25) is 0 Å². The van der Waals surface area contributed by atoms with Crippen LogP contribution in [0.1, 0.15) is 22.1 Å². The molecule has 2 atom stereocenters. The number of carbonyl (C=O) groups is 1. The first-order valence-electron chi connectivity index (χ1n) is 8.04. The molecule has 4 rings (SSSR count). The van der Waals surface area contributed by atoms with Crippen LogP contribution < -0.4 is 5.32 Å². The lowest BCUT2D eigenvalue weighted by Crippen LogP contribution is -2.41. The molecule has 1 fully saturated rings.